The Balaban J connectivity index is 2.43. The van der Waals surface area contributed by atoms with E-state index in [9.17, 15) is 4.79 Å². The molecule has 14 heavy (non-hydrogen) atoms. The van der Waals surface area contributed by atoms with Gasteiger partial charge in [0.2, 0.25) is 0 Å². The van der Waals surface area contributed by atoms with E-state index in [1.54, 1.807) is 0 Å². The van der Waals surface area contributed by atoms with Crippen LogP contribution >= 0.6 is 0 Å². The van der Waals surface area contributed by atoms with E-state index in [4.69, 9.17) is 4.74 Å². The number of carbonyl (C=O) groups is 1. The van der Waals surface area contributed by atoms with Crippen LogP contribution in [0, 0.1) is 0 Å². The van der Waals surface area contributed by atoms with Gasteiger partial charge in [-0.15, -0.1) is 0 Å². The fraction of sp³-hybridized carbons (Fsp3) is 0.417. The van der Waals surface area contributed by atoms with Crippen LogP contribution in [0.25, 0.3) is 0 Å². The predicted octanol–water partition coefficient (Wildman–Crippen LogP) is 2.28. The number of cyclic esters (lactones) is 1. The lowest BCUT2D eigenvalue weighted by Crippen LogP contribution is -2.30. The maximum absolute atomic E-state index is 11.7. The standard InChI is InChI=1S/C12H14O2/c1-2-12(8-9-14-11(12)13)10-6-4-3-5-7-10/h3-7H,2,8-9H2,1H3/t12-/m0/s1. The molecule has 2 nitrogen and oxygen atoms in total. The Kier molecular flexibility index (Phi) is 2.28. The Labute approximate surface area is 83.9 Å². The van der Waals surface area contributed by atoms with Crippen LogP contribution in [0.5, 0.6) is 0 Å². The van der Waals surface area contributed by atoms with Gasteiger partial charge in [0.1, 0.15) is 0 Å². The van der Waals surface area contributed by atoms with Crippen molar-refractivity contribution in [1.29, 1.82) is 0 Å². The lowest BCUT2D eigenvalue weighted by molar-refractivity contribution is -0.142. The minimum atomic E-state index is -0.374. The maximum Gasteiger partial charge on any atom is 0.316 e. The summed E-state index contributed by atoms with van der Waals surface area (Å²) in [4.78, 5) is 11.7. The molecule has 1 atom stereocenters. The third-order valence-corrected chi connectivity index (χ3v) is 3.08. The monoisotopic (exact) mass is 190 g/mol. The second-order valence-electron chi connectivity index (χ2n) is 3.69. The topological polar surface area (TPSA) is 26.3 Å². The molecule has 1 heterocycles. The molecule has 1 aliphatic heterocycles. The van der Waals surface area contributed by atoms with Gasteiger partial charge in [0.15, 0.2) is 0 Å². The van der Waals surface area contributed by atoms with E-state index in [-0.39, 0.29) is 11.4 Å². The molecule has 0 saturated carbocycles. The third-order valence-electron chi connectivity index (χ3n) is 3.08. The van der Waals surface area contributed by atoms with E-state index in [2.05, 4.69) is 0 Å². The highest BCUT2D eigenvalue weighted by Gasteiger charge is 2.44. The van der Waals surface area contributed by atoms with E-state index in [0.717, 1.165) is 18.4 Å². The van der Waals surface area contributed by atoms with Crippen molar-refractivity contribution in [2.75, 3.05) is 6.61 Å². The van der Waals surface area contributed by atoms with Crippen LogP contribution in [0.15, 0.2) is 30.3 Å². The normalized spacial score (nSPS) is 26.2. The van der Waals surface area contributed by atoms with Gasteiger partial charge in [-0.2, -0.15) is 0 Å². The molecule has 1 saturated heterocycles. The third kappa shape index (κ3) is 1.22. The van der Waals surface area contributed by atoms with Gasteiger partial charge in [-0.05, 0) is 12.0 Å². The first kappa shape index (κ1) is 9.25. The minimum absolute atomic E-state index is 0.0637. The van der Waals surface area contributed by atoms with Crippen molar-refractivity contribution < 1.29 is 9.53 Å². The van der Waals surface area contributed by atoms with E-state index >= 15 is 0 Å². The number of benzene rings is 1. The summed E-state index contributed by atoms with van der Waals surface area (Å²) in [6.45, 7) is 2.60. The molecule has 0 aromatic heterocycles. The highest BCUT2D eigenvalue weighted by atomic mass is 16.5. The molecule has 1 aromatic carbocycles. The number of hydrogen-bond acceptors (Lipinski definition) is 2. The van der Waals surface area contributed by atoms with Crippen molar-refractivity contribution in [3.63, 3.8) is 0 Å². The summed E-state index contributed by atoms with van der Waals surface area (Å²) >= 11 is 0. The van der Waals surface area contributed by atoms with Gasteiger partial charge in [-0.25, -0.2) is 0 Å². The van der Waals surface area contributed by atoms with Crippen LogP contribution in [0.1, 0.15) is 25.3 Å². The Bertz CT molecular complexity index is 331. The van der Waals surface area contributed by atoms with Crippen molar-refractivity contribution in [3.05, 3.63) is 35.9 Å². The molecule has 2 rings (SSSR count). The van der Waals surface area contributed by atoms with Crippen molar-refractivity contribution in [1.82, 2.24) is 0 Å². The number of ether oxygens (including phenoxy) is 1. The first-order valence-electron chi connectivity index (χ1n) is 5.02. The molecule has 2 heteroatoms. The summed E-state index contributed by atoms with van der Waals surface area (Å²) in [5, 5.41) is 0. The van der Waals surface area contributed by atoms with Crippen molar-refractivity contribution >= 4 is 5.97 Å². The number of hydrogen-bond donors (Lipinski definition) is 0. The first-order chi connectivity index (χ1) is 6.79. The van der Waals surface area contributed by atoms with E-state index in [1.165, 1.54) is 0 Å². The molecule has 0 bridgehead atoms. The zero-order valence-electron chi connectivity index (χ0n) is 8.32. The quantitative estimate of drug-likeness (QED) is 0.669. The SMILES string of the molecule is CC[C@@]1(c2ccccc2)CCOC1=O. The summed E-state index contributed by atoms with van der Waals surface area (Å²) < 4.78 is 5.08. The van der Waals surface area contributed by atoms with Crippen LogP contribution in [-0.2, 0) is 14.9 Å². The predicted molar refractivity (Wildman–Crippen MR) is 54.0 cm³/mol. The van der Waals surface area contributed by atoms with Crippen LogP contribution < -0.4 is 0 Å². The molecule has 0 N–H and O–H groups in total. The Morgan fingerprint density at radius 2 is 2.07 bits per heavy atom. The number of esters is 1. The number of rotatable bonds is 2. The average molecular weight is 190 g/mol. The van der Waals surface area contributed by atoms with Crippen LogP contribution in [0.2, 0.25) is 0 Å². The minimum Gasteiger partial charge on any atom is -0.465 e. The molecule has 0 unspecified atom stereocenters. The molecular weight excluding hydrogens is 176 g/mol. The van der Waals surface area contributed by atoms with Gasteiger partial charge in [0.05, 0.1) is 12.0 Å². The van der Waals surface area contributed by atoms with Gasteiger partial charge in [-0.1, -0.05) is 37.3 Å². The fourth-order valence-corrected chi connectivity index (χ4v) is 2.10. The molecule has 0 aliphatic carbocycles. The largest absolute Gasteiger partial charge is 0.465 e. The summed E-state index contributed by atoms with van der Waals surface area (Å²) in [6, 6.07) is 9.93. The second kappa shape index (κ2) is 3.45. The van der Waals surface area contributed by atoms with Gasteiger partial charge in [-0.3, -0.25) is 4.79 Å². The highest BCUT2D eigenvalue weighted by Crippen LogP contribution is 2.37. The smallest absolute Gasteiger partial charge is 0.316 e. The van der Waals surface area contributed by atoms with Gasteiger partial charge >= 0.3 is 5.97 Å². The second-order valence-corrected chi connectivity index (χ2v) is 3.69. The molecule has 1 fully saturated rings. The van der Waals surface area contributed by atoms with E-state index in [1.807, 2.05) is 37.3 Å². The molecule has 0 spiro atoms. The summed E-state index contributed by atoms with van der Waals surface area (Å²) in [7, 11) is 0. The zero-order chi connectivity index (χ0) is 10.0. The lowest BCUT2D eigenvalue weighted by atomic mass is 9.77. The molecule has 74 valence electrons. The van der Waals surface area contributed by atoms with Crippen molar-refractivity contribution in [2.24, 2.45) is 0 Å². The van der Waals surface area contributed by atoms with Crippen molar-refractivity contribution in [3.8, 4) is 0 Å². The molecule has 0 amide bonds. The molecule has 1 aliphatic rings. The molecular formula is C12H14O2. The van der Waals surface area contributed by atoms with E-state index < -0.39 is 0 Å². The van der Waals surface area contributed by atoms with Crippen LogP contribution in [0.4, 0.5) is 0 Å². The Morgan fingerprint density at radius 3 is 2.57 bits per heavy atom. The average Bonchev–Trinajstić information content (AvgIpc) is 2.62. The Morgan fingerprint density at radius 1 is 1.36 bits per heavy atom. The first-order valence-corrected chi connectivity index (χ1v) is 5.02. The van der Waals surface area contributed by atoms with Crippen molar-refractivity contribution in [2.45, 2.75) is 25.2 Å². The molecule has 0 radical (unpaired) electrons. The van der Waals surface area contributed by atoms with Gasteiger partial charge in [0.25, 0.3) is 0 Å². The van der Waals surface area contributed by atoms with Gasteiger partial charge in [0, 0.05) is 6.42 Å². The summed E-state index contributed by atoms with van der Waals surface area (Å²) in [5.41, 5.74) is 0.714. The number of carbonyl (C=O) groups excluding carboxylic acids is 1. The fourth-order valence-electron chi connectivity index (χ4n) is 2.10. The Hall–Kier alpha value is -1.31. The summed E-state index contributed by atoms with van der Waals surface area (Å²) in [6.07, 6.45) is 1.63. The maximum atomic E-state index is 11.7. The highest BCUT2D eigenvalue weighted by molar-refractivity contribution is 5.84. The van der Waals surface area contributed by atoms with Gasteiger partial charge < -0.3 is 4.74 Å². The van der Waals surface area contributed by atoms with Crippen LogP contribution in [-0.4, -0.2) is 12.6 Å². The van der Waals surface area contributed by atoms with Crippen LogP contribution in [0.3, 0.4) is 0 Å². The molecule has 1 aromatic rings. The van der Waals surface area contributed by atoms with E-state index in [0.29, 0.717) is 6.61 Å². The zero-order valence-corrected chi connectivity index (χ0v) is 8.32. The lowest BCUT2D eigenvalue weighted by Gasteiger charge is -2.22. The summed E-state index contributed by atoms with van der Waals surface area (Å²) in [5.74, 6) is -0.0637.